The molecule has 1 aliphatic rings. The summed E-state index contributed by atoms with van der Waals surface area (Å²) in [4.78, 5) is 23.5. The van der Waals surface area contributed by atoms with Gasteiger partial charge in [-0.05, 0) is 12.1 Å². The maximum Gasteiger partial charge on any atom is 0.417 e. The number of carbonyl (C=O) groups is 1. The molecule has 0 aliphatic carbocycles. The lowest BCUT2D eigenvalue weighted by Crippen LogP contribution is -2.46. The maximum atomic E-state index is 12.6. The number of nitrogens with zero attached hydrogens (tertiary/aromatic N) is 4. The van der Waals surface area contributed by atoms with Crippen molar-refractivity contribution >= 4 is 28.2 Å². The first-order valence-corrected chi connectivity index (χ1v) is 8.92. The second-order valence-corrected chi connectivity index (χ2v) is 6.85. The van der Waals surface area contributed by atoms with Crippen LogP contribution in [0.15, 0.2) is 23.7 Å². The first-order chi connectivity index (χ1) is 12.3. The zero-order valence-corrected chi connectivity index (χ0v) is 14.9. The van der Waals surface area contributed by atoms with Crippen LogP contribution in [0.5, 0.6) is 0 Å². The number of alkyl halides is 3. The number of carbonyl (C=O) groups excluding carboxylic acids is 1. The highest BCUT2D eigenvalue weighted by Gasteiger charge is 2.31. The van der Waals surface area contributed by atoms with Gasteiger partial charge in [0.25, 0.3) is 0 Å². The SMILES string of the molecule is CC(=O)Nc1nc(CN2CCN(c3ccc(C(F)(F)F)cn3)CC2)cs1. The number of pyridine rings is 1. The van der Waals surface area contributed by atoms with Crippen molar-refractivity contribution < 1.29 is 18.0 Å². The molecular formula is C16H18F3N5OS. The summed E-state index contributed by atoms with van der Waals surface area (Å²) >= 11 is 1.39. The predicted molar refractivity (Wildman–Crippen MR) is 93.1 cm³/mol. The van der Waals surface area contributed by atoms with Gasteiger partial charge in [0.2, 0.25) is 5.91 Å². The third-order valence-electron chi connectivity index (χ3n) is 3.99. The molecule has 1 amide bonds. The van der Waals surface area contributed by atoms with Crippen molar-refractivity contribution in [2.75, 3.05) is 36.4 Å². The van der Waals surface area contributed by atoms with Gasteiger partial charge in [-0.25, -0.2) is 9.97 Å². The quantitative estimate of drug-likeness (QED) is 0.877. The fourth-order valence-electron chi connectivity index (χ4n) is 2.69. The number of rotatable bonds is 4. The number of aromatic nitrogens is 2. The summed E-state index contributed by atoms with van der Waals surface area (Å²) in [7, 11) is 0. The number of amides is 1. The molecule has 0 atom stereocenters. The smallest absolute Gasteiger partial charge is 0.354 e. The van der Waals surface area contributed by atoms with Gasteiger partial charge in [-0.2, -0.15) is 13.2 Å². The number of hydrogen-bond donors (Lipinski definition) is 1. The van der Waals surface area contributed by atoms with Crippen molar-refractivity contribution in [3.63, 3.8) is 0 Å². The van der Waals surface area contributed by atoms with Gasteiger partial charge in [-0.15, -0.1) is 11.3 Å². The van der Waals surface area contributed by atoms with Gasteiger partial charge in [0.15, 0.2) is 5.13 Å². The molecule has 0 radical (unpaired) electrons. The molecule has 0 aromatic carbocycles. The van der Waals surface area contributed by atoms with Crippen LogP contribution in [-0.2, 0) is 17.5 Å². The third-order valence-corrected chi connectivity index (χ3v) is 4.80. The van der Waals surface area contributed by atoms with Crippen molar-refractivity contribution in [2.24, 2.45) is 0 Å². The van der Waals surface area contributed by atoms with Crippen LogP contribution in [0.2, 0.25) is 0 Å². The topological polar surface area (TPSA) is 61.4 Å². The maximum absolute atomic E-state index is 12.6. The number of halogens is 3. The summed E-state index contributed by atoms with van der Waals surface area (Å²) in [5.74, 6) is 0.405. The molecule has 2 aromatic rings. The van der Waals surface area contributed by atoms with E-state index >= 15 is 0 Å². The Bertz CT molecular complexity index is 754. The van der Waals surface area contributed by atoms with Gasteiger partial charge < -0.3 is 10.2 Å². The van der Waals surface area contributed by atoms with Crippen LogP contribution >= 0.6 is 11.3 Å². The molecule has 1 N–H and O–H groups in total. The van der Waals surface area contributed by atoms with Gasteiger partial charge in [0.1, 0.15) is 5.82 Å². The second-order valence-electron chi connectivity index (χ2n) is 5.99. The molecule has 3 rings (SSSR count). The number of hydrogen-bond acceptors (Lipinski definition) is 6. The zero-order valence-electron chi connectivity index (χ0n) is 14.1. The Morgan fingerprint density at radius 3 is 2.58 bits per heavy atom. The molecule has 2 aromatic heterocycles. The Morgan fingerprint density at radius 2 is 2.00 bits per heavy atom. The molecule has 1 saturated heterocycles. The van der Waals surface area contributed by atoms with Crippen molar-refractivity contribution in [1.82, 2.24) is 14.9 Å². The van der Waals surface area contributed by atoms with Crippen LogP contribution < -0.4 is 10.2 Å². The molecule has 0 bridgehead atoms. The Morgan fingerprint density at radius 1 is 1.27 bits per heavy atom. The van der Waals surface area contributed by atoms with Crippen LogP contribution in [0.1, 0.15) is 18.2 Å². The van der Waals surface area contributed by atoms with Crippen molar-refractivity contribution in [2.45, 2.75) is 19.6 Å². The fraction of sp³-hybridized carbons (Fsp3) is 0.438. The van der Waals surface area contributed by atoms with Crippen LogP contribution in [0.3, 0.4) is 0 Å². The van der Waals surface area contributed by atoms with Gasteiger partial charge in [-0.1, -0.05) is 0 Å². The van der Waals surface area contributed by atoms with E-state index in [2.05, 4.69) is 20.2 Å². The van der Waals surface area contributed by atoms with Crippen LogP contribution in [0.4, 0.5) is 24.1 Å². The summed E-state index contributed by atoms with van der Waals surface area (Å²) in [5, 5.41) is 5.15. The van der Waals surface area contributed by atoms with Crippen LogP contribution in [0, 0.1) is 0 Å². The number of piperazine rings is 1. The first kappa shape index (κ1) is 18.6. The van der Waals surface area contributed by atoms with Gasteiger partial charge in [-0.3, -0.25) is 9.69 Å². The highest BCUT2D eigenvalue weighted by molar-refractivity contribution is 7.13. The standard InChI is InChI=1S/C16H18F3N5OS/c1-11(25)21-15-22-13(10-26-15)9-23-4-6-24(7-5-23)14-3-2-12(8-20-14)16(17,18)19/h2-3,8,10H,4-7,9H2,1H3,(H,21,22,25). The van der Waals surface area contributed by atoms with E-state index in [1.54, 1.807) is 0 Å². The molecule has 26 heavy (non-hydrogen) atoms. The average molecular weight is 385 g/mol. The van der Waals surface area contributed by atoms with E-state index in [-0.39, 0.29) is 5.91 Å². The summed E-state index contributed by atoms with van der Waals surface area (Å²) in [6.07, 6.45) is -3.49. The molecule has 3 heterocycles. The Labute approximate surface area is 152 Å². The van der Waals surface area contributed by atoms with Crippen molar-refractivity contribution in [3.8, 4) is 0 Å². The summed E-state index contributed by atoms with van der Waals surface area (Å²) < 4.78 is 37.8. The molecule has 0 saturated carbocycles. The zero-order chi connectivity index (χ0) is 18.7. The normalized spacial score (nSPS) is 15.9. The second kappa shape index (κ2) is 7.58. The molecule has 140 valence electrons. The van der Waals surface area contributed by atoms with Crippen LogP contribution in [-0.4, -0.2) is 47.0 Å². The van der Waals surface area contributed by atoms with E-state index in [1.807, 2.05) is 10.3 Å². The number of nitrogens with one attached hydrogen (secondary N) is 1. The highest BCUT2D eigenvalue weighted by Crippen LogP contribution is 2.29. The Kier molecular flexibility index (Phi) is 5.42. The summed E-state index contributed by atoms with van der Waals surface area (Å²) in [6, 6.07) is 2.48. The molecule has 0 unspecified atom stereocenters. The largest absolute Gasteiger partial charge is 0.417 e. The molecular weight excluding hydrogens is 367 g/mol. The lowest BCUT2D eigenvalue weighted by atomic mass is 10.2. The van der Waals surface area contributed by atoms with E-state index in [4.69, 9.17) is 0 Å². The summed E-state index contributed by atoms with van der Waals surface area (Å²) in [6.45, 7) is 4.99. The van der Waals surface area contributed by atoms with Crippen molar-refractivity contribution in [3.05, 3.63) is 35.0 Å². The summed E-state index contributed by atoms with van der Waals surface area (Å²) in [5.41, 5.74) is 0.151. The van der Waals surface area contributed by atoms with E-state index < -0.39 is 11.7 Å². The lowest BCUT2D eigenvalue weighted by molar-refractivity contribution is -0.137. The van der Waals surface area contributed by atoms with Gasteiger partial charge in [0, 0.05) is 51.2 Å². The fourth-order valence-corrected chi connectivity index (χ4v) is 3.44. The minimum atomic E-state index is -4.37. The molecule has 1 aliphatic heterocycles. The predicted octanol–water partition coefficient (Wildman–Crippen LogP) is 2.84. The third kappa shape index (κ3) is 4.70. The molecule has 1 fully saturated rings. The molecule has 10 heteroatoms. The van der Waals surface area contributed by atoms with E-state index in [0.717, 1.165) is 31.0 Å². The number of anilines is 2. The highest BCUT2D eigenvalue weighted by atomic mass is 32.1. The Hall–Kier alpha value is -2.20. The van der Waals surface area contributed by atoms with Crippen LogP contribution in [0.25, 0.3) is 0 Å². The Balaban J connectivity index is 1.52. The molecule has 0 spiro atoms. The van der Waals surface area contributed by atoms with E-state index in [9.17, 15) is 18.0 Å². The van der Waals surface area contributed by atoms with Crippen molar-refractivity contribution in [1.29, 1.82) is 0 Å². The molecule has 6 nitrogen and oxygen atoms in total. The van der Waals surface area contributed by atoms with E-state index in [1.165, 1.54) is 24.3 Å². The van der Waals surface area contributed by atoms with Gasteiger partial charge in [0.05, 0.1) is 11.3 Å². The van der Waals surface area contributed by atoms with Gasteiger partial charge >= 0.3 is 6.18 Å². The number of thiazole rings is 1. The first-order valence-electron chi connectivity index (χ1n) is 8.04. The van der Waals surface area contributed by atoms with E-state index in [0.29, 0.717) is 30.6 Å². The minimum Gasteiger partial charge on any atom is -0.354 e. The monoisotopic (exact) mass is 385 g/mol. The average Bonchev–Trinajstić information content (AvgIpc) is 3.01. The minimum absolute atomic E-state index is 0.149. The lowest BCUT2D eigenvalue weighted by Gasteiger charge is -2.35.